The van der Waals surface area contributed by atoms with Crippen molar-refractivity contribution in [3.8, 4) is 0 Å². The molecule has 0 spiro atoms. The first-order chi connectivity index (χ1) is 5.83. The molecule has 1 rings (SSSR count). The van der Waals surface area contributed by atoms with Gasteiger partial charge in [0.2, 0.25) is 0 Å². The number of carbonyl (C=O) groups excluding carboxylic acids is 1. The first kappa shape index (κ1) is 9.64. The standard InChI is InChI=1S/C8H15NO3/c1-11-6-8(10)4-7-5-12-3-2-9-7/h7,9H,2-6H2,1H3. The Morgan fingerprint density at radius 3 is 3.17 bits per heavy atom. The Bertz CT molecular complexity index is 143. The van der Waals surface area contributed by atoms with E-state index in [1.54, 1.807) is 0 Å². The second-order valence-corrected chi connectivity index (χ2v) is 2.90. The number of Topliss-reactive ketones (excluding diaryl/α,β-unsaturated/α-hetero) is 1. The van der Waals surface area contributed by atoms with Gasteiger partial charge in [-0.05, 0) is 0 Å². The van der Waals surface area contributed by atoms with Crippen molar-refractivity contribution in [3.05, 3.63) is 0 Å². The van der Waals surface area contributed by atoms with Crippen molar-refractivity contribution in [1.82, 2.24) is 5.32 Å². The van der Waals surface area contributed by atoms with Gasteiger partial charge in [0.05, 0.1) is 13.2 Å². The second kappa shape index (κ2) is 5.24. The molecule has 4 heteroatoms. The van der Waals surface area contributed by atoms with Gasteiger partial charge in [-0.25, -0.2) is 0 Å². The van der Waals surface area contributed by atoms with Crippen LogP contribution in [0.5, 0.6) is 0 Å². The Morgan fingerprint density at radius 1 is 1.75 bits per heavy atom. The van der Waals surface area contributed by atoms with Crippen molar-refractivity contribution in [2.45, 2.75) is 12.5 Å². The maximum Gasteiger partial charge on any atom is 0.160 e. The minimum Gasteiger partial charge on any atom is -0.379 e. The van der Waals surface area contributed by atoms with E-state index < -0.39 is 0 Å². The molecular weight excluding hydrogens is 158 g/mol. The lowest BCUT2D eigenvalue weighted by atomic mass is 10.1. The molecule has 0 radical (unpaired) electrons. The summed E-state index contributed by atoms with van der Waals surface area (Å²) in [5.74, 6) is 0.125. The average molecular weight is 173 g/mol. The highest BCUT2D eigenvalue weighted by Gasteiger charge is 2.16. The molecule has 1 saturated heterocycles. The van der Waals surface area contributed by atoms with Gasteiger partial charge in [-0.1, -0.05) is 0 Å². The average Bonchev–Trinajstić information content (AvgIpc) is 2.06. The van der Waals surface area contributed by atoms with E-state index in [0.29, 0.717) is 13.0 Å². The molecule has 1 fully saturated rings. The Balaban J connectivity index is 2.15. The monoisotopic (exact) mass is 173 g/mol. The Hall–Kier alpha value is -0.450. The lowest BCUT2D eigenvalue weighted by Gasteiger charge is -2.22. The number of carbonyl (C=O) groups is 1. The van der Waals surface area contributed by atoms with Crippen LogP contribution in [0.1, 0.15) is 6.42 Å². The number of ether oxygens (including phenoxy) is 2. The molecule has 0 aromatic heterocycles. The normalized spacial score (nSPS) is 23.9. The molecule has 0 amide bonds. The highest BCUT2D eigenvalue weighted by molar-refractivity contribution is 5.80. The summed E-state index contributed by atoms with van der Waals surface area (Å²) in [7, 11) is 1.53. The third kappa shape index (κ3) is 3.30. The van der Waals surface area contributed by atoms with Crippen LogP contribution in [0.2, 0.25) is 0 Å². The molecule has 1 aliphatic rings. The lowest BCUT2D eigenvalue weighted by molar-refractivity contribution is -0.123. The molecule has 0 aromatic carbocycles. The molecule has 0 saturated carbocycles. The zero-order valence-corrected chi connectivity index (χ0v) is 7.34. The number of hydrogen-bond acceptors (Lipinski definition) is 4. The highest BCUT2D eigenvalue weighted by Crippen LogP contribution is 1.99. The molecule has 0 aromatic rings. The SMILES string of the molecule is COCC(=O)CC1COCCN1. The highest BCUT2D eigenvalue weighted by atomic mass is 16.5. The molecule has 1 unspecified atom stereocenters. The maximum atomic E-state index is 11.1. The molecule has 70 valence electrons. The van der Waals surface area contributed by atoms with Crippen LogP contribution in [0.15, 0.2) is 0 Å². The largest absolute Gasteiger partial charge is 0.379 e. The number of rotatable bonds is 4. The van der Waals surface area contributed by atoms with Crippen LogP contribution >= 0.6 is 0 Å². The summed E-state index contributed by atoms with van der Waals surface area (Å²) in [4.78, 5) is 11.1. The van der Waals surface area contributed by atoms with Crippen LogP contribution in [-0.4, -0.2) is 45.3 Å². The van der Waals surface area contributed by atoms with E-state index in [0.717, 1.165) is 13.2 Å². The molecule has 12 heavy (non-hydrogen) atoms. The molecule has 0 bridgehead atoms. The van der Waals surface area contributed by atoms with Crippen molar-refractivity contribution in [2.75, 3.05) is 33.5 Å². The van der Waals surface area contributed by atoms with Gasteiger partial charge >= 0.3 is 0 Å². The van der Waals surface area contributed by atoms with Gasteiger partial charge in [-0.2, -0.15) is 0 Å². The van der Waals surface area contributed by atoms with Crippen molar-refractivity contribution >= 4 is 5.78 Å². The summed E-state index contributed by atoms with van der Waals surface area (Å²) in [5, 5.41) is 3.21. The predicted molar refractivity (Wildman–Crippen MR) is 44.1 cm³/mol. The number of hydrogen-bond donors (Lipinski definition) is 1. The zero-order valence-electron chi connectivity index (χ0n) is 7.34. The van der Waals surface area contributed by atoms with Gasteiger partial charge in [0, 0.05) is 26.1 Å². The fraction of sp³-hybridized carbons (Fsp3) is 0.875. The minimum atomic E-state index is 0.125. The zero-order chi connectivity index (χ0) is 8.81. The van der Waals surface area contributed by atoms with Crippen molar-refractivity contribution in [1.29, 1.82) is 0 Å². The topological polar surface area (TPSA) is 47.6 Å². The summed E-state index contributed by atoms with van der Waals surface area (Å²) < 4.78 is 9.93. The number of morpholine rings is 1. The summed E-state index contributed by atoms with van der Waals surface area (Å²) >= 11 is 0. The quantitative estimate of drug-likeness (QED) is 0.627. The molecule has 1 N–H and O–H groups in total. The molecule has 0 aliphatic carbocycles. The van der Waals surface area contributed by atoms with E-state index in [4.69, 9.17) is 9.47 Å². The van der Waals surface area contributed by atoms with E-state index in [1.165, 1.54) is 7.11 Å². The van der Waals surface area contributed by atoms with Crippen LogP contribution in [0.25, 0.3) is 0 Å². The van der Waals surface area contributed by atoms with Crippen LogP contribution < -0.4 is 5.32 Å². The lowest BCUT2D eigenvalue weighted by Crippen LogP contribution is -2.42. The fourth-order valence-corrected chi connectivity index (χ4v) is 1.25. The van der Waals surface area contributed by atoms with E-state index >= 15 is 0 Å². The van der Waals surface area contributed by atoms with Crippen molar-refractivity contribution in [2.24, 2.45) is 0 Å². The molecule has 1 atom stereocenters. The third-order valence-electron chi connectivity index (χ3n) is 1.78. The van der Waals surface area contributed by atoms with Crippen LogP contribution in [0, 0.1) is 0 Å². The van der Waals surface area contributed by atoms with E-state index in [2.05, 4.69) is 5.32 Å². The van der Waals surface area contributed by atoms with Gasteiger partial charge in [0.25, 0.3) is 0 Å². The summed E-state index contributed by atoms with van der Waals surface area (Å²) in [6.07, 6.45) is 0.508. The molecular formula is C8H15NO3. The summed E-state index contributed by atoms with van der Waals surface area (Å²) in [6.45, 7) is 2.42. The Labute approximate surface area is 72.2 Å². The minimum absolute atomic E-state index is 0.125. The van der Waals surface area contributed by atoms with Crippen LogP contribution in [-0.2, 0) is 14.3 Å². The van der Waals surface area contributed by atoms with E-state index in [9.17, 15) is 4.79 Å². The third-order valence-corrected chi connectivity index (χ3v) is 1.78. The summed E-state index contributed by atoms with van der Waals surface area (Å²) in [5.41, 5.74) is 0. The first-order valence-corrected chi connectivity index (χ1v) is 4.14. The molecule has 1 heterocycles. The maximum absolute atomic E-state index is 11.1. The number of methoxy groups -OCH3 is 1. The van der Waals surface area contributed by atoms with E-state index in [-0.39, 0.29) is 18.4 Å². The Kier molecular flexibility index (Phi) is 4.21. The van der Waals surface area contributed by atoms with Gasteiger partial charge < -0.3 is 14.8 Å². The first-order valence-electron chi connectivity index (χ1n) is 4.14. The van der Waals surface area contributed by atoms with Gasteiger partial charge in [0.15, 0.2) is 5.78 Å². The fourth-order valence-electron chi connectivity index (χ4n) is 1.25. The van der Waals surface area contributed by atoms with Crippen LogP contribution in [0.3, 0.4) is 0 Å². The van der Waals surface area contributed by atoms with Gasteiger partial charge in [-0.15, -0.1) is 0 Å². The Morgan fingerprint density at radius 2 is 2.58 bits per heavy atom. The second-order valence-electron chi connectivity index (χ2n) is 2.90. The van der Waals surface area contributed by atoms with Crippen molar-refractivity contribution < 1.29 is 14.3 Å². The smallest absolute Gasteiger partial charge is 0.160 e. The predicted octanol–water partition coefficient (Wildman–Crippen LogP) is -0.420. The number of ketones is 1. The molecule has 4 nitrogen and oxygen atoms in total. The number of nitrogens with one attached hydrogen (secondary N) is 1. The summed E-state index contributed by atoms with van der Waals surface area (Å²) in [6, 6.07) is 0.182. The van der Waals surface area contributed by atoms with Crippen LogP contribution in [0.4, 0.5) is 0 Å². The molecule has 1 aliphatic heterocycles. The van der Waals surface area contributed by atoms with E-state index in [1.807, 2.05) is 0 Å². The van der Waals surface area contributed by atoms with Gasteiger partial charge in [0.1, 0.15) is 6.61 Å². The van der Waals surface area contributed by atoms with Crippen molar-refractivity contribution in [3.63, 3.8) is 0 Å². The van der Waals surface area contributed by atoms with Gasteiger partial charge in [-0.3, -0.25) is 4.79 Å².